The summed E-state index contributed by atoms with van der Waals surface area (Å²) in [7, 11) is -4.72. The van der Waals surface area contributed by atoms with Gasteiger partial charge >= 0.3 is 25.7 Å². The average Bonchev–Trinajstić information content (AvgIpc) is 3.24. The molecule has 0 heterocycles. The number of carboxylic acids is 1. The van der Waals surface area contributed by atoms with E-state index in [1.54, 1.807) is 0 Å². The van der Waals surface area contributed by atoms with Crippen LogP contribution < -0.4 is 5.73 Å². The summed E-state index contributed by atoms with van der Waals surface area (Å²) in [4.78, 5) is 46.1. The van der Waals surface area contributed by atoms with E-state index in [2.05, 4.69) is 42.7 Å². The summed E-state index contributed by atoms with van der Waals surface area (Å²) >= 11 is 0. The predicted molar refractivity (Wildman–Crippen MR) is 249 cm³/mol. The van der Waals surface area contributed by atoms with Gasteiger partial charge in [-0.1, -0.05) is 212 Å². The van der Waals surface area contributed by atoms with Crippen molar-refractivity contribution in [3.05, 3.63) is 24.3 Å². The van der Waals surface area contributed by atoms with Crippen molar-refractivity contribution >= 4 is 25.7 Å². The Labute approximate surface area is 372 Å². The molecule has 0 fully saturated rings. The second kappa shape index (κ2) is 44.6. The molecule has 61 heavy (non-hydrogen) atoms. The Hall–Kier alpha value is -2.04. The minimum Gasteiger partial charge on any atom is -0.480 e. The van der Waals surface area contributed by atoms with Crippen LogP contribution in [-0.2, 0) is 37.5 Å². The number of allylic oxidation sites excluding steroid dienone is 4. The third kappa shape index (κ3) is 44.4. The number of esters is 2. The fourth-order valence-electron chi connectivity index (χ4n) is 7.06. The lowest BCUT2D eigenvalue weighted by molar-refractivity contribution is -0.161. The average molecular weight is 886 g/mol. The summed E-state index contributed by atoms with van der Waals surface area (Å²) in [5, 5.41) is 8.91. The van der Waals surface area contributed by atoms with Crippen LogP contribution in [0.2, 0.25) is 0 Å². The normalized spacial score (nSPS) is 13.8. The number of carbonyl (C=O) groups is 3. The first-order valence-electron chi connectivity index (χ1n) is 24.9. The second-order valence-corrected chi connectivity index (χ2v) is 18.4. The number of phosphoric acid groups is 1. The summed E-state index contributed by atoms with van der Waals surface area (Å²) in [5.41, 5.74) is 5.35. The highest BCUT2D eigenvalue weighted by Crippen LogP contribution is 2.43. The van der Waals surface area contributed by atoms with E-state index in [0.29, 0.717) is 12.8 Å². The lowest BCUT2D eigenvalue weighted by atomic mass is 10.0. The van der Waals surface area contributed by atoms with E-state index < -0.39 is 51.1 Å². The van der Waals surface area contributed by atoms with Gasteiger partial charge in [-0.15, -0.1) is 0 Å². The van der Waals surface area contributed by atoms with Gasteiger partial charge < -0.3 is 25.2 Å². The third-order valence-electron chi connectivity index (χ3n) is 11.0. The largest absolute Gasteiger partial charge is 0.480 e. The van der Waals surface area contributed by atoms with Crippen molar-refractivity contribution in [3.63, 3.8) is 0 Å². The van der Waals surface area contributed by atoms with E-state index in [1.165, 1.54) is 141 Å². The summed E-state index contributed by atoms with van der Waals surface area (Å²) < 4.78 is 32.8. The molecule has 0 spiro atoms. The van der Waals surface area contributed by atoms with Crippen molar-refractivity contribution in [1.29, 1.82) is 0 Å². The topological polar surface area (TPSA) is 172 Å². The molecule has 0 aromatic rings. The van der Waals surface area contributed by atoms with Gasteiger partial charge in [-0.2, -0.15) is 0 Å². The zero-order valence-corrected chi connectivity index (χ0v) is 39.9. The van der Waals surface area contributed by atoms with Gasteiger partial charge in [0.2, 0.25) is 0 Å². The van der Waals surface area contributed by atoms with Crippen LogP contribution in [0.25, 0.3) is 0 Å². The lowest BCUT2D eigenvalue weighted by Gasteiger charge is -2.20. The zero-order valence-electron chi connectivity index (χ0n) is 39.0. The lowest BCUT2D eigenvalue weighted by Crippen LogP contribution is -2.34. The highest BCUT2D eigenvalue weighted by Gasteiger charge is 2.28. The summed E-state index contributed by atoms with van der Waals surface area (Å²) in [6, 6.07) is -1.52. The molecule has 0 bridgehead atoms. The van der Waals surface area contributed by atoms with Crippen molar-refractivity contribution in [2.75, 3.05) is 19.8 Å². The number of unbranched alkanes of at least 4 members (excludes halogenated alkanes) is 30. The summed E-state index contributed by atoms with van der Waals surface area (Å²) in [5.74, 6) is -2.38. The van der Waals surface area contributed by atoms with Crippen molar-refractivity contribution in [2.24, 2.45) is 5.73 Å². The van der Waals surface area contributed by atoms with E-state index in [4.69, 9.17) is 24.8 Å². The van der Waals surface area contributed by atoms with Crippen molar-refractivity contribution in [3.8, 4) is 0 Å². The molecule has 4 N–H and O–H groups in total. The van der Waals surface area contributed by atoms with Gasteiger partial charge in [0.1, 0.15) is 12.6 Å². The Kier molecular flexibility index (Phi) is 43.1. The van der Waals surface area contributed by atoms with Gasteiger partial charge in [-0.05, 0) is 38.5 Å². The van der Waals surface area contributed by atoms with Crippen LogP contribution >= 0.6 is 7.82 Å². The molecule has 0 aliphatic rings. The van der Waals surface area contributed by atoms with Crippen molar-refractivity contribution < 1.29 is 47.5 Å². The maximum Gasteiger partial charge on any atom is 0.472 e. The van der Waals surface area contributed by atoms with Gasteiger partial charge in [-0.25, -0.2) is 4.57 Å². The van der Waals surface area contributed by atoms with Crippen LogP contribution in [-0.4, -0.2) is 59.9 Å². The first kappa shape index (κ1) is 59.0. The van der Waals surface area contributed by atoms with Crippen molar-refractivity contribution in [2.45, 2.75) is 251 Å². The molecule has 0 aliphatic heterocycles. The minimum atomic E-state index is -4.72. The molecule has 0 aliphatic carbocycles. The van der Waals surface area contributed by atoms with Gasteiger partial charge in [0.25, 0.3) is 0 Å². The van der Waals surface area contributed by atoms with E-state index >= 15 is 0 Å². The van der Waals surface area contributed by atoms with E-state index in [9.17, 15) is 23.8 Å². The fourth-order valence-corrected chi connectivity index (χ4v) is 7.84. The van der Waals surface area contributed by atoms with Gasteiger partial charge in [0, 0.05) is 12.8 Å². The van der Waals surface area contributed by atoms with E-state index in [-0.39, 0.29) is 19.4 Å². The molecule has 0 saturated heterocycles. The minimum absolute atomic E-state index is 0.163. The Bertz CT molecular complexity index is 1130. The van der Waals surface area contributed by atoms with Crippen LogP contribution in [0.15, 0.2) is 24.3 Å². The van der Waals surface area contributed by atoms with Crippen LogP contribution in [0.4, 0.5) is 0 Å². The number of carbonyl (C=O) groups excluding carboxylic acids is 2. The fraction of sp³-hybridized carbons (Fsp3) is 0.857. The standard InChI is InChI=1S/C49H92NO10P/c1-3-5-7-9-11-13-15-17-19-20-21-22-23-24-25-27-29-31-33-35-37-39-41-48(52)60-45(43-58-61(55,56)59-44-46(50)49(53)54)42-57-47(51)40-38-36-34-32-30-28-26-18-16-14-12-10-8-6-4-2/h14,16,18,26,45-46H,3-13,15,17,19-25,27-44,50H2,1-2H3,(H,53,54)(H,55,56)/b16-14+,26-18+/t45-,46-/m0/s1. The number of phosphoric ester groups is 1. The van der Waals surface area contributed by atoms with E-state index in [0.717, 1.165) is 57.8 Å². The maximum atomic E-state index is 12.7. The molecule has 0 aromatic carbocycles. The Balaban J connectivity index is 4.23. The number of carboxylic acid groups (broad SMARTS) is 1. The molecule has 1 unspecified atom stereocenters. The summed E-state index contributed by atoms with van der Waals surface area (Å²) in [6.45, 7) is 2.81. The monoisotopic (exact) mass is 886 g/mol. The predicted octanol–water partition coefficient (Wildman–Crippen LogP) is 13.8. The second-order valence-electron chi connectivity index (χ2n) is 17.0. The maximum absolute atomic E-state index is 12.7. The number of ether oxygens (including phenoxy) is 2. The first-order chi connectivity index (χ1) is 29.6. The smallest absolute Gasteiger partial charge is 0.472 e. The van der Waals surface area contributed by atoms with Crippen molar-refractivity contribution in [1.82, 2.24) is 0 Å². The molecule has 0 rings (SSSR count). The molecule has 358 valence electrons. The zero-order chi connectivity index (χ0) is 44.9. The number of hydrogen-bond donors (Lipinski definition) is 3. The van der Waals surface area contributed by atoms with Crippen LogP contribution in [0.5, 0.6) is 0 Å². The first-order valence-corrected chi connectivity index (χ1v) is 26.4. The molecule has 0 aromatic heterocycles. The molecule has 0 amide bonds. The highest BCUT2D eigenvalue weighted by atomic mass is 31.2. The summed E-state index contributed by atoms with van der Waals surface area (Å²) in [6.07, 6.45) is 48.1. The number of rotatable bonds is 47. The quantitative estimate of drug-likeness (QED) is 0.0230. The Morgan fingerprint density at radius 3 is 1.26 bits per heavy atom. The Morgan fingerprint density at radius 1 is 0.508 bits per heavy atom. The number of hydrogen-bond acceptors (Lipinski definition) is 9. The molecular weight excluding hydrogens is 794 g/mol. The number of aliphatic carboxylic acids is 1. The molecule has 11 nitrogen and oxygen atoms in total. The van der Waals surface area contributed by atoms with Gasteiger partial charge in [0.15, 0.2) is 6.10 Å². The highest BCUT2D eigenvalue weighted by molar-refractivity contribution is 7.47. The third-order valence-corrected chi connectivity index (χ3v) is 11.9. The number of nitrogens with two attached hydrogens (primary N) is 1. The molecule has 3 atom stereocenters. The molecule has 0 radical (unpaired) electrons. The van der Waals surface area contributed by atoms with Gasteiger partial charge in [0.05, 0.1) is 13.2 Å². The van der Waals surface area contributed by atoms with Gasteiger partial charge in [-0.3, -0.25) is 23.4 Å². The molecular formula is C49H92NO10P. The van der Waals surface area contributed by atoms with Crippen LogP contribution in [0.3, 0.4) is 0 Å². The van der Waals surface area contributed by atoms with Crippen LogP contribution in [0.1, 0.15) is 239 Å². The molecule has 12 heteroatoms. The molecule has 0 saturated carbocycles. The van der Waals surface area contributed by atoms with Crippen LogP contribution in [0, 0.1) is 0 Å². The van der Waals surface area contributed by atoms with E-state index in [1.807, 2.05) is 0 Å². The Morgan fingerprint density at radius 2 is 0.852 bits per heavy atom. The SMILES string of the molecule is CCCCCC/C=C/C=C/CCCCCCCC(=O)OC[C@@H](COP(=O)(O)OC[C@H](N)C(=O)O)OC(=O)CCCCCCCCCCCCCCCCCCCCCCCC.